The molecule has 2 N–H and O–H groups in total. The second-order valence-corrected chi connectivity index (χ2v) is 6.02. The molecule has 1 unspecified atom stereocenters. The third kappa shape index (κ3) is 4.59. The summed E-state index contributed by atoms with van der Waals surface area (Å²) in [6.07, 6.45) is 1.22. The number of piperidine rings is 1. The summed E-state index contributed by atoms with van der Waals surface area (Å²) in [4.78, 5) is 25.0. The molecule has 0 aliphatic carbocycles. The van der Waals surface area contributed by atoms with Gasteiger partial charge in [0.2, 0.25) is 0 Å². The summed E-state index contributed by atoms with van der Waals surface area (Å²) in [7, 11) is 0. The maximum absolute atomic E-state index is 12.2. The zero-order valence-corrected chi connectivity index (χ0v) is 12.5. The van der Waals surface area contributed by atoms with E-state index in [1.165, 1.54) is 17.0 Å². The first-order chi connectivity index (χ1) is 10.5. The first-order valence-electron chi connectivity index (χ1n) is 6.79. The lowest BCUT2D eigenvalue weighted by atomic mass is 9.99. The minimum atomic E-state index is -2.48. The van der Waals surface area contributed by atoms with Gasteiger partial charge in [-0.3, -0.25) is 4.79 Å². The molecule has 5 nitrogen and oxygen atoms in total. The number of likely N-dealkylation sites (tertiary alicyclic amines) is 1. The van der Waals surface area contributed by atoms with Gasteiger partial charge in [-0.15, -0.1) is 0 Å². The van der Waals surface area contributed by atoms with Gasteiger partial charge in [-0.2, -0.15) is 8.78 Å². The first-order valence-corrected chi connectivity index (χ1v) is 7.67. The number of nitrogens with one attached hydrogen (secondary N) is 1. The van der Waals surface area contributed by atoms with Crippen molar-refractivity contribution in [2.75, 3.05) is 18.4 Å². The van der Waals surface area contributed by atoms with E-state index in [0.29, 0.717) is 41.7 Å². The van der Waals surface area contributed by atoms with Crippen LogP contribution in [-0.2, 0) is 4.79 Å². The zero-order chi connectivity index (χ0) is 16.1. The molecule has 2 rings (SSSR count). The van der Waals surface area contributed by atoms with Gasteiger partial charge in [0.25, 0.3) is 5.76 Å². The Bertz CT molecular complexity index is 539. The quantitative estimate of drug-likeness (QED) is 0.831. The van der Waals surface area contributed by atoms with Crippen LogP contribution in [0.2, 0.25) is 0 Å². The summed E-state index contributed by atoms with van der Waals surface area (Å²) in [5.74, 6) is -3.92. The number of anilines is 1. The highest BCUT2D eigenvalue weighted by Crippen LogP contribution is 2.26. The van der Waals surface area contributed by atoms with Gasteiger partial charge in [-0.25, -0.2) is 4.79 Å². The van der Waals surface area contributed by atoms with E-state index in [0.717, 1.165) is 0 Å². The number of hydrogen-bond donors (Lipinski definition) is 2. The van der Waals surface area contributed by atoms with E-state index in [2.05, 4.69) is 5.32 Å². The summed E-state index contributed by atoms with van der Waals surface area (Å²) >= 11 is 0.436. The topological polar surface area (TPSA) is 69.6 Å². The Hall–Kier alpha value is -1.83. The van der Waals surface area contributed by atoms with E-state index in [1.54, 1.807) is 12.1 Å². The van der Waals surface area contributed by atoms with E-state index >= 15 is 0 Å². The van der Waals surface area contributed by atoms with Crippen LogP contribution < -0.4 is 5.32 Å². The lowest BCUT2D eigenvalue weighted by molar-refractivity contribution is -0.143. The average Bonchev–Trinajstić information content (AvgIpc) is 2.49. The van der Waals surface area contributed by atoms with Gasteiger partial charge in [-0.1, -0.05) is 11.8 Å². The molecule has 1 heterocycles. The monoisotopic (exact) mass is 330 g/mol. The molecule has 1 aromatic rings. The second-order valence-electron chi connectivity index (χ2n) is 4.96. The molecule has 8 heteroatoms. The third-order valence-corrected chi connectivity index (χ3v) is 4.11. The van der Waals surface area contributed by atoms with E-state index < -0.39 is 17.6 Å². The Kier molecular flexibility index (Phi) is 5.59. The number of nitrogens with zero attached hydrogens (tertiary/aromatic N) is 1. The van der Waals surface area contributed by atoms with Crippen LogP contribution in [0.1, 0.15) is 12.8 Å². The van der Waals surface area contributed by atoms with E-state index in [9.17, 15) is 18.4 Å². The molecule has 1 saturated heterocycles. The number of carbonyl (C=O) groups is 2. The van der Waals surface area contributed by atoms with Gasteiger partial charge in [-0.05, 0) is 37.1 Å². The van der Waals surface area contributed by atoms with Crippen molar-refractivity contribution in [2.45, 2.75) is 23.5 Å². The standard InChI is InChI=1S/C14H16F2N2O3S/c15-13(16)22-11-5-3-10(4-6-11)17-14(21)18-7-1-2-9(8-18)12(19)20/h3-6,9,13H,1-2,7-8H2,(H,17,21)(H,19,20). The van der Waals surface area contributed by atoms with Crippen LogP contribution in [-0.4, -0.2) is 40.9 Å². The predicted octanol–water partition coefficient (Wildman–Crippen LogP) is 3.33. The lowest BCUT2D eigenvalue weighted by Gasteiger charge is -2.30. The van der Waals surface area contributed by atoms with Gasteiger partial charge >= 0.3 is 12.0 Å². The van der Waals surface area contributed by atoms with Gasteiger partial charge in [0, 0.05) is 23.7 Å². The molecular weight excluding hydrogens is 314 g/mol. The highest BCUT2D eigenvalue weighted by atomic mass is 32.2. The molecule has 120 valence electrons. The number of benzene rings is 1. The Morgan fingerprint density at radius 1 is 1.32 bits per heavy atom. The largest absolute Gasteiger partial charge is 0.481 e. The number of aliphatic carboxylic acids is 1. The Morgan fingerprint density at radius 3 is 2.59 bits per heavy atom. The zero-order valence-electron chi connectivity index (χ0n) is 11.7. The number of carboxylic acid groups (broad SMARTS) is 1. The molecule has 0 spiro atoms. The molecule has 1 aromatic carbocycles. The highest BCUT2D eigenvalue weighted by molar-refractivity contribution is 7.99. The van der Waals surface area contributed by atoms with Crippen LogP contribution in [0.25, 0.3) is 0 Å². The Labute approximate surface area is 130 Å². The number of carbonyl (C=O) groups excluding carboxylic acids is 1. The van der Waals surface area contributed by atoms with Crippen molar-refractivity contribution in [1.82, 2.24) is 4.90 Å². The minimum Gasteiger partial charge on any atom is -0.481 e. The number of carboxylic acids is 1. The van der Waals surface area contributed by atoms with E-state index in [-0.39, 0.29) is 12.6 Å². The number of thioether (sulfide) groups is 1. The highest BCUT2D eigenvalue weighted by Gasteiger charge is 2.28. The molecule has 0 aromatic heterocycles. The summed E-state index contributed by atoms with van der Waals surface area (Å²) in [5, 5.41) is 11.7. The number of amides is 2. The van der Waals surface area contributed by atoms with Gasteiger partial charge in [0.15, 0.2) is 0 Å². The molecule has 0 bridgehead atoms. The third-order valence-electron chi connectivity index (χ3n) is 3.39. The fraction of sp³-hybridized carbons (Fsp3) is 0.429. The molecule has 1 aliphatic rings. The van der Waals surface area contributed by atoms with Crippen molar-refractivity contribution < 1.29 is 23.5 Å². The van der Waals surface area contributed by atoms with Gasteiger partial charge < -0.3 is 15.3 Å². The summed E-state index contributed by atoms with van der Waals surface area (Å²) in [6.45, 7) is 0.690. The van der Waals surface area contributed by atoms with Crippen molar-refractivity contribution in [3.63, 3.8) is 0 Å². The molecule has 0 saturated carbocycles. The molecule has 22 heavy (non-hydrogen) atoms. The van der Waals surface area contributed by atoms with Crippen molar-refractivity contribution in [1.29, 1.82) is 0 Å². The van der Waals surface area contributed by atoms with Crippen LogP contribution in [0, 0.1) is 5.92 Å². The van der Waals surface area contributed by atoms with Crippen LogP contribution >= 0.6 is 11.8 Å². The van der Waals surface area contributed by atoms with Gasteiger partial charge in [0.1, 0.15) is 0 Å². The van der Waals surface area contributed by atoms with Crippen LogP contribution in [0.5, 0.6) is 0 Å². The number of urea groups is 1. The fourth-order valence-electron chi connectivity index (χ4n) is 2.29. The molecule has 1 aliphatic heterocycles. The number of rotatable bonds is 4. The van der Waals surface area contributed by atoms with E-state index in [1.807, 2.05) is 0 Å². The summed E-state index contributed by atoms with van der Waals surface area (Å²) in [6, 6.07) is 5.72. The van der Waals surface area contributed by atoms with Crippen LogP contribution in [0.4, 0.5) is 19.3 Å². The molecule has 1 atom stereocenters. The Balaban J connectivity index is 1.92. The maximum atomic E-state index is 12.2. The molecular formula is C14H16F2N2O3S. The summed E-state index contributed by atoms with van der Waals surface area (Å²) in [5.41, 5.74) is 0.487. The smallest absolute Gasteiger partial charge is 0.321 e. The van der Waals surface area contributed by atoms with Crippen LogP contribution in [0.3, 0.4) is 0 Å². The summed E-state index contributed by atoms with van der Waals surface area (Å²) < 4.78 is 24.4. The average molecular weight is 330 g/mol. The van der Waals surface area contributed by atoms with Crippen molar-refractivity contribution in [3.05, 3.63) is 24.3 Å². The number of halogens is 2. The van der Waals surface area contributed by atoms with Crippen molar-refractivity contribution in [3.8, 4) is 0 Å². The molecule has 0 radical (unpaired) electrons. The fourth-order valence-corrected chi connectivity index (χ4v) is 2.78. The van der Waals surface area contributed by atoms with Gasteiger partial charge in [0.05, 0.1) is 5.92 Å². The normalized spacial score (nSPS) is 18.3. The lowest BCUT2D eigenvalue weighted by Crippen LogP contribution is -2.44. The molecule has 1 fully saturated rings. The Morgan fingerprint density at radius 2 is 2.00 bits per heavy atom. The van der Waals surface area contributed by atoms with E-state index in [4.69, 9.17) is 5.11 Å². The predicted molar refractivity (Wildman–Crippen MR) is 79.3 cm³/mol. The minimum absolute atomic E-state index is 0.181. The number of alkyl halides is 2. The number of hydrogen-bond acceptors (Lipinski definition) is 3. The van der Waals surface area contributed by atoms with Crippen molar-refractivity contribution in [2.24, 2.45) is 5.92 Å². The van der Waals surface area contributed by atoms with Crippen molar-refractivity contribution >= 4 is 29.4 Å². The SMILES string of the molecule is O=C(O)C1CCCN(C(=O)Nc2ccc(SC(F)F)cc2)C1. The van der Waals surface area contributed by atoms with Crippen LogP contribution in [0.15, 0.2) is 29.2 Å². The first kappa shape index (κ1) is 16.5. The second kappa shape index (κ2) is 7.44. The maximum Gasteiger partial charge on any atom is 0.321 e. The molecule has 2 amide bonds.